The van der Waals surface area contributed by atoms with E-state index in [1.807, 2.05) is 0 Å². The second kappa shape index (κ2) is 6.18. The van der Waals surface area contributed by atoms with Gasteiger partial charge >= 0.3 is 0 Å². The van der Waals surface area contributed by atoms with E-state index in [-0.39, 0.29) is 0 Å². The number of likely N-dealkylation sites (N-methyl/N-ethyl adjacent to an activating group) is 1. The van der Waals surface area contributed by atoms with Gasteiger partial charge in [0.05, 0.1) is 0 Å². The van der Waals surface area contributed by atoms with E-state index in [2.05, 4.69) is 48.5 Å². The Morgan fingerprint density at radius 1 is 1.24 bits per heavy atom. The number of rotatable bonds is 4. The molecule has 0 aliphatic carbocycles. The van der Waals surface area contributed by atoms with Gasteiger partial charge in [-0.1, -0.05) is 31.2 Å². The van der Waals surface area contributed by atoms with Crippen LogP contribution in [0.25, 0.3) is 0 Å². The first-order chi connectivity index (χ1) is 8.28. The summed E-state index contributed by atoms with van der Waals surface area (Å²) in [6.07, 6.45) is 3.57. The second-order valence-electron chi connectivity index (χ2n) is 5.12. The van der Waals surface area contributed by atoms with Crippen molar-refractivity contribution in [3.63, 3.8) is 0 Å². The highest BCUT2D eigenvalue weighted by molar-refractivity contribution is 5.22. The standard InChI is InChI=1S/C15H24N2/c1-3-13-4-6-14(7-5-13)8-9-15-12-17(2)11-10-16-15/h4-7,15-16H,3,8-12H2,1-2H3. The summed E-state index contributed by atoms with van der Waals surface area (Å²) in [4.78, 5) is 2.42. The Bertz CT molecular complexity index is 331. The molecule has 17 heavy (non-hydrogen) atoms. The molecule has 1 saturated heterocycles. The molecule has 1 aliphatic heterocycles. The summed E-state index contributed by atoms with van der Waals surface area (Å²) in [6.45, 7) is 5.71. The molecule has 2 nitrogen and oxygen atoms in total. The first-order valence-electron chi connectivity index (χ1n) is 6.77. The van der Waals surface area contributed by atoms with Gasteiger partial charge in [-0.05, 0) is 37.4 Å². The first kappa shape index (κ1) is 12.6. The summed E-state index contributed by atoms with van der Waals surface area (Å²) in [5.74, 6) is 0. The minimum absolute atomic E-state index is 0.666. The van der Waals surface area contributed by atoms with E-state index in [1.54, 1.807) is 0 Å². The van der Waals surface area contributed by atoms with Crippen LogP contribution in [0.4, 0.5) is 0 Å². The van der Waals surface area contributed by atoms with E-state index in [0.717, 1.165) is 13.0 Å². The van der Waals surface area contributed by atoms with Crippen molar-refractivity contribution in [3.8, 4) is 0 Å². The molecular weight excluding hydrogens is 208 g/mol. The minimum atomic E-state index is 0.666. The van der Waals surface area contributed by atoms with Gasteiger partial charge in [-0.25, -0.2) is 0 Å². The smallest absolute Gasteiger partial charge is 0.0198 e. The van der Waals surface area contributed by atoms with E-state index >= 15 is 0 Å². The lowest BCUT2D eigenvalue weighted by Crippen LogP contribution is -2.49. The summed E-state index contributed by atoms with van der Waals surface area (Å²) in [6, 6.07) is 9.75. The van der Waals surface area contributed by atoms with Gasteiger partial charge in [0.1, 0.15) is 0 Å². The van der Waals surface area contributed by atoms with Crippen LogP contribution < -0.4 is 5.32 Å². The van der Waals surface area contributed by atoms with Gasteiger partial charge < -0.3 is 10.2 Å². The minimum Gasteiger partial charge on any atom is -0.311 e. The molecule has 1 aromatic rings. The molecule has 0 spiro atoms. The summed E-state index contributed by atoms with van der Waals surface area (Å²) in [5.41, 5.74) is 2.90. The molecule has 0 radical (unpaired) electrons. The van der Waals surface area contributed by atoms with Crippen LogP contribution in [0.1, 0.15) is 24.5 Å². The van der Waals surface area contributed by atoms with Crippen molar-refractivity contribution in [2.75, 3.05) is 26.7 Å². The SMILES string of the molecule is CCc1ccc(CCC2CN(C)CCN2)cc1. The Morgan fingerprint density at radius 2 is 1.94 bits per heavy atom. The van der Waals surface area contributed by atoms with Gasteiger partial charge in [-0.2, -0.15) is 0 Å². The number of aryl methyl sites for hydroxylation is 2. The lowest BCUT2D eigenvalue weighted by atomic mass is 10.0. The van der Waals surface area contributed by atoms with Gasteiger partial charge in [-0.3, -0.25) is 0 Å². The summed E-state index contributed by atoms with van der Waals surface area (Å²) in [5, 5.41) is 3.60. The lowest BCUT2D eigenvalue weighted by molar-refractivity contribution is 0.232. The molecule has 1 N–H and O–H groups in total. The van der Waals surface area contributed by atoms with E-state index in [1.165, 1.54) is 37.1 Å². The van der Waals surface area contributed by atoms with Crippen LogP contribution in [0.3, 0.4) is 0 Å². The van der Waals surface area contributed by atoms with Gasteiger partial charge in [-0.15, -0.1) is 0 Å². The maximum atomic E-state index is 3.60. The fourth-order valence-electron chi connectivity index (χ4n) is 2.47. The molecule has 2 rings (SSSR count). The van der Waals surface area contributed by atoms with Crippen molar-refractivity contribution >= 4 is 0 Å². The number of benzene rings is 1. The summed E-state index contributed by atoms with van der Waals surface area (Å²) >= 11 is 0. The number of nitrogens with one attached hydrogen (secondary N) is 1. The van der Waals surface area contributed by atoms with Crippen molar-refractivity contribution in [2.24, 2.45) is 0 Å². The van der Waals surface area contributed by atoms with E-state index in [4.69, 9.17) is 0 Å². The third-order valence-electron chi connectivity index (χ3n) is 3.67. The maximum Gasteiger partial charge on any atom is 0.0198 e. The average molecular weight is 232 g/mol. The van der Waals surface area contributed by atoms with Crippen molar-refractivity contribution in [1.29, 1.82) is 0 Å². The highest BCUT2D eigenvalue weighted by atomic mass is 15.2. The number of hydrogen-bond donors (Lipinski definition) is 1. The van der Waals surface area contributed by atoms with Crippen molar-refractivity contribution in [2.45, 2.75) is 32.2 Å². The topological polar surface area (TPSA) is 15.3 Å². The Labute approximate surface area is 105 Å². The van der Waals surface area contributed by atoms with Crippen molar-refractivity contribution < 1.29 is 0 Å². The highest BCUT2D eigenvalue weighted by Gasteiger charge is 2.15. The second-order valence-corrected chi connectivity index (χ2v) is 5.12. The molecule has 0 saturated carbocycles. The zero-order valence-corrected chi connectivity index (χ0v) is 11.1. The Morgan fingerprint density at radius 3 is 2.59 bits per heavy atom. The summed E-state index contributed by atoms with van der Waals surface area (Å²) < 4.78 is 0. The Hall–Kier alpha value is -0.860. The average Bonchev–Trinajstić information content (AvgIpc) is 2.37. The Balaban J connectivity index is 1.80. The fourth-order valence-corrected chi connectivity index (χ4v) is 2.47. The van der Waals surface area contributed by atoms with Crippen molar-refractivity contribution in [1.82, 2.24) is 10.2 Å². The zero-order chi connectivity index (χ0) is 12.1. The van der Waals surface area contributed by atoms with Crippen LogP contribution >= 0.6 is 0 Å². The largest absolute Gasteiger partial charge is 0.311 e. The normalized spacial score (nSPS) is 21.6. The van der Waals surface area contributed by atoms with Crippen molar-refractivity contribution in [3.05, 3.63) is 35.4 Å². The van der Waals surface area contributed by atoms with Gasteiger partial charge in [0.15, 0.2) is 0 Å². The number of hydrogen-bond acceptors (Lipinski definition) is 2. The molecule has 1 heterocycles. The molecule has 0 aromatic heterocycles. The Kier molecular flexibility index (Phi) is 4.57. The van der Waals surface area contributed by atoms with E-state index in [0.29, 0.717) is 6.04 Å². The van der Waals surface area contributed by atoms with Gasteiger partial charge in [0.2, 0.25) is 0 Å². The molecule has 1 unspecified atom stereocenters. The molecular formula is C15H24N2. The predicted octanol–water partition coefficient (Wildman–Crippen LogP) is 2.09. The lowest BCUT2D eigenvalue weighted by Gasteiger charge is -2.30. The van der Waals surface area contributed by atoms with Crippen LogP contribution in [-0.4, -0.2) is 37.6 Å². The number of nitrogens with zero attached hydrogens (tertiary/aromatic N) is 1. The monoisotopic (exact) mass is 232 g/mol. The molecule has 94 valence electrons. The molecule has 0 amide bonds. The van der Waals surface area contributed by atoms with Gasteiger partial charge in [0.25, 0.3) is 0 Å². The van der Waals surface area contributed by atoms with Crippen LogP contribution in [-0.2, 0) is 12.8 Å². The van der Waals surface area contributed by atoms with Crippen LogP contribution in [0.2, 0.25) is 0 Å². The third-order valence-corrected chi connectivity index (χ3v) is 3.67. The zero-order valence-electron chi connectivity index (χ0n) is 11.1. The van der Waals surface area contributed by atoms with Crippen LogP contribution in [0, 0.1) is 0 Å². The molecule has 1 fully saturated rings. The third kappa shape index (κ3) is 3.83. The van der Waals surface area contributed by atoms with E-state index in [9.17, 15) is 0 Å². The summed E-state index contributed by atoms with van der Waals surface area (Å²) in [7, 11) is 2.21. The quantitative estimate of drug-likeness (QED) is 0.855. The van der Waals surface area contributed by atoms with Crippen LogP contribution in [0.15, 0.2) is 24.3 Å². The first-order valence-corrected chi connectivity index (χ1v) is 6.77. The van der Waals surface area contributed by atoms with Gasteiger partial charge in [0, 0.05) is 25.7 Å². The molecule has 1 aromatic carbocycles. The maximum absolute atomic E-state index is 3.60. The molecule has 2 heteroatoms. The predicted molar refractivity (Wildman–Crippen MR) is 73.4 cm³/mol. The number of piperazine rings is 1. The van der Waals surface area contributed by atoms with E-state index < -0.39 is 0 Å². The molecule has 1 atom stereocenters. The highest BCUT2D eigenvalue weighted by Crippen LogP contribution is 2.10. The molecule has 0 bridgehead atoms. The van der Waals surface area contributed by atoms with Crippen LogP contribution in [0.5, 0.6) is 0 Å². The molecule has 1 aliphatic rings. The fraction of sp³-hybridized carbons (Fsp3) is 0.600.